The molecule has 0 fully saturated rings. The van der Waals surface area contributed by atoms with E-state index < -0.39 is 12.8 Å². The van der Waals surface area contributed by atoms with Crippen molar-refractivity contribution in [2.24, 2.45) is 0 Å². The van der Waals surface area contributed by atoms with Crippen molar-refractivity contribution >= 4 is 24.2 Å². The maximum Gasteiger partial charge on any atom is 0.422 e. The lowest BCUT2D eigenvalue weighted by atomic mass is 9.95. The van der Waals surface area contributed by atoms with Crippen LogP contribution in [0.25, 0.3) is 10.9 Å². The molecule has 0 N–H and O–H groups in total. The molecule has 6 heteroatoms. The van der Waals surface area contributed by atoms with Crippen LogP contribution < -0.4 is 10.2 Å². The lowest BCUT2D eigenvalue weighted by Gasteiger charge is -2.08. The molecule has 0 atom stereocenters. The highest BCUT2D eigenvalue weighted by atomic mass is 19.4. The molecule has 1 aromatic heterocycles. The zero-order chi connectivity index (χ0) is 12.5. The molecule has 0 amide bonds. The Balaban J connectivity index is 2.23. The number of ether oxygens (including phenoxy) is 1. The molecule has 17 heavy (non-hydrogen) atoms. The van der Waals surface area contributed by atoms with Crippen molar-refractivity contribution in [1.29, 1.82) is 0 Å². The molecule has 2 nitrogen and oxygen atoms in total. The maximum atomic E-state index is 12.0. The number of hydrogen-bond acceptors (Lipinski definition) is 2. The summed E-state index contributed by atoms with van der Waals surface area (Å²) in [7, 11) is 1.94. The molecule has 0 radical (unpaired) electrons. The Morgan fingerprint density at radius 3 is 2.65 bits per heavy atom. The van der Waals surface area contributed by atoms with Crippen molar-refractivity contribution < 1.29 is 17.9 Å². The van der Waals surface area contributed by atoms with Crippen molar-refractivity contribution in [2.45, 2.75) is 6.18 Å². The quantitative estimate of drug-likeness (QED) is 0.739. The number of hydrogen-bond donors (Lipinski definition) is 0. The summed E-state index contributed by atoms with van der Waals surface area (Å²) in [5.41, 5.74) is 1.69. The minimum Gasteiger partial charge on any atom is -0.468 e. The largest absolute Gasteiger partial charge is 0.468 e. The summed E-state index contributed by atoms with van der Waals surface area (Å²) in [6.45, 7) is -1.32. The van der Waals surface area contributed by atoms with Crippen LogP contribution >= 0.6 is 0 Å². The Morgan fingerprint density at radius 2 is 1.94 bits per heavy atom. The van der Waals surface area contributed by atoms with Crippen LogP contribution in [0.1, 0.15) is 0 Å². The summed E-state index contributed by atoms with van der Waals surface area (Å²) in [6.07, 6.45) is -4.34. The van der Waals surface area contributed by atoms with Gasteiger partial charge in [0.15, 0.2) is 6.61 Å². The highest BCUT2D eigenvalue weighted by Crippen LogP contribution is 2.19. The fraction of sp³-hybridized carbons (Fsp3) is 0.182. The van der Waals surface area contributed by atoms with E-state index in [0.717, 1.165) is 10.8 Å². The summed E-state index contributed by atoms with van der Waals surface area (Å²) in [4.78, 5) is 4.00. The minimum atomic E-state index is -4.34. The molecular weight excluding hydrogens is 230 g/mol. The van der Waals surface area contributed by atoms with Gasteiger partial charge in [-0.3, -0.25) is 0 Å². The minimum absolute atomic E-state index is 0.0151. The summed E-state index contributed by atoms with van der Waals surface area (Å²) in [5.74, 6) is -0.0151. The second kappa shape index (κ2) is 4.27. The van der Waals surface area contributed by atoms with Crippen LogP contribution in [0.3, 0.4) is 0 Å². The van der Waals surface area contributed by atoms with Crippen molar-refractivity contribution in [3.63, 3.8) is 0 Å². The summed E-state index contributed by atoms with van der Waals surface area (Å²) in [5, 5.41) is 0.879. The Bertz CT molecular complexity index is 542. The molecule has 0 aliphatic carbocycles. The van der Waals surface area contributed by atoms with Crippen LogP contribution in [-0.4, -0.2) is 25.6 Å². The smallest absolute Gasteiger partial charge is 0.422 e. The van der Waals surface area contributed by atoms with Gasteiger partial charge in [-0.15, -0.1) is 0 Å². The highest BCUT2D eigenvalue weighted by Gasteiger charge is 2.28. The number of nitrogens with zero attached hydrogens (tertiary/aromatic N) is 1. The second-order valence-electron chi connectivity index (χ2n) is 3.75. The van der Waals surface area contributed by atoms with E-state index in [-0.39, 0.29) is 5.88 Å². The number of alkyl halides is 3. The fourth-order valence-corrected chi connectivity index (χ4v) is 1.46. The van der Waals surface area contributed by atoms with Gasteiger partial charge in [0, 0.05) is 6.07 Å². The van der Waals surface area contributed by atoms with Crippen LogP contribution in [0.2, 0.25) is 0 Å². The molecule has 1 aromatic carbocycles. The lowest BCUT2D eigenvalue weighted by Crippen LogP contribution is -2.19. The third-order valence-corrected chi connectivity index (χ3v) is 2.20. The summed E-state index contributed by atoms with van der Waals surface area (Å²) in [6, 6.07) is 8.65. The van der Waals surface area contributed by atoms with Gasteiger partial charge in [-0.05, 0) is 17.5 Å². The molecule has 0 bridgehead atoms. The Hall–Kier alpha value is -1.72. The number of benzene rings is 1. The van der Waals surface area contributed by atoms with Crippen LogP contribution in [0, 0.1) is 0 Å². The number of fused-ring (bicyclic) bond motifs is 1. The van der Waals surface area contributed by atoms with E-state index in [2.05, 4.69) is 9.72 Å². The van der Waals surface area contributed by atoms with Gasteiger partial charge in [0.25, 0.3) is 0 Å². The third kappa shape index (κ3) is 3.12. The predicted molar refractivity (Wildman–Crippen MR) is 61.5 cm³/mol. The maximum absolute atomic E-state index is 12.0. The first-order valence-corrected chi connectivity index (χ1v) is 5.01. The number of rotatable bonds is 2. The van der Waals surface area contributed by atoms with E-state index in [1.54, 1.807) is 12.1 Å². The van der Waals surface area contributed by atoms with E-state index in [9.17, 15) is 13.2 Å². The average Bonchev–Trinajstić information content (AvgIpc) is 2.25. The predicted octanol–water partition coefficient (Wildman–Crippen LogP) is 1.43. The van der Waals surface area contributed by atoms with Gasteiger partial charge in [-0.2, -0.15) is 13.2 Å². The molecule has 0 unspecified atom stereocenters. The van der Waals surface area contributed by atoms with Gasteiger partial charge in [0.2, 0.25) is 5.88 Å². The van der Waals surface area contributed by atoms with Gasteiger partial charge in [-0.1, -0.05) is 17.6 Å². The fourth-order valence-electron chi connectivity index (χ4n) is 1.46. The monoisotopic (exact) mass is 239 g/mol. The van der Waals surface area contributed by atoms with Gasteiger partial charge >= 0.3 is 6.18 Å². The molecule has 0 saturated heterocycles. The van der Waals surface area contributed by atoms with E-state index in [1.165, 1.54) is 6.07 Å². The number of pyridine rings is 1. The topological polar surface area (TPSA) is 22.1 Å². The van der Waals surface area contributed by atoms with Gasteiger partial charge in [0.1, 0.15) is 7.85 Å². The van der Waals surface area contributed by atoms with Crippen LogP contribution in [0.15, 0.2) is 30.3 Å². The molecule has 0 spiro atoms. The van der Waals surface area contributed by atoms with Crippen LogP contribution in [0.5, 0.6) is 5.88 Å². The Kier molecular flexibility index (Phi) is 2.96. The summed E-state index contributed by atoms with van der Waals surface area (Å²) < 4.78 is 40.4. The SMILES string of the molecule is Bc1ccc2nc(OCC(F)(F)F)ccc2c1. The number of halogens is 3. The number of aromatic nitrogens is 1. The average molecular weight is 239 g/mol. The van der Waals surface area contributed by atoms with E-state index in [1.807, 2.05) is 20.0 Å². The second-order valence-corrected chi connectivity index (χ2v) is 3.75. The van der Waals surface area contributed by atoms with Crippen molar-refractivity contribution in [2.75, 3.05) is 6.61 Å². The summed E-state index contributed by atoms with van der Waals surface area (Å²) >= 11 is 0. The molecular formula is C11H9BF3NO. The Morgan fingerprint density at radius 1 is 1.18 bits per heavy atom. The molecule has 2 aromatic rings. The van der Waals surface area contributed by atoms with E-state index in [0.29, 0.717) is 5.52 Å². The first kappa shape index (κ1) is 11.8. The zero-order valence-corrected chi connectivity index (χ0v) is 9.08. The first-order valence-electron chi connectivity index (χ1n) is 5.01. The van der Waals surface area contributed by atoms with Crippen molar-refractivity contribution in [3.05, 3.63) is 30.3 Å². The highest BCUT2D eigenvalue weighted by molar-refractivity contribution is 6.33. The normalized spacial score (nSPS) is 11.7. The molecule has 0 aliphatic rings. The van der Waals surface area contributed by atoms with E-state index >= 15 is 0 Å². The van der Waals surface area contributed by atoms with Crippen molar-refractivity contribution in [1.82, 2.24) is 4.98 Å². The van der Waals surface area contributed by atoms with Crippen LogP contribution in [-0.2, 0) is 0 Å². The molecule has 88 valence electrons. The van der Waals surface area contributed by atoms with Gasteiger partial charge in [0.05, 0.1) is 5.52 Å². The molecule has 0 saturated carbocycles. The van der Waals surface area contributed by atoms with Gasteiger partial charge < -0.3 is 4.74 Å². The lowest BCUT2D eigenvalue weighted by molar-refractivity contribution is -0.154. The zero-order valence-electron chi connectivity index (χ0n) is 9.08. The first-order chi connectivity index (χ1) is 7.94. The van der Waals surface area contributed by atoms with Gasteiger partial charge in [-0.25, -0.2) is 4.98 Å². The van der Waals surface area contributed by atoms with Crippen LogP contribution in [0.4, 0.5) is 13.2 Å². The molecule has 0 aliphatic heterocycles. The standard InChI is InChI=1S/C11H9BF3NO/c12-8-2-3-9-7(5-8)1-4-10(16-9)17-6-11(13,14)15/h1-5H,6,12H2. The molecule has 1 heterocycles. The van der Waals surface area contributed by atoms with Crippen molar-refractivity contribution in [3.8, 4) is 5.88 Å². The Labute approximate surface area is 96.8 Å². The molecule has 2 rings (SSSR count). The third-order valence-electron chi connectivity index (χ3n) is 2.20. The van der Waals surface area contributed by atoms with E-state index in [4.69, 9.17) is 0 Å².